The third-order valence-electron chi connectivity index (χ3n) is 6.27. The molecular formula is C29H30N2O6. The molecule has 0 atom stereocenters. The van der Waals surface area contributed by atoms with Crippen LogP contribution in [0.15, 0.2) is 59.4 Å². The third-order valence-corrected chi connectivity index (χ3v) is 6.27. The summed E-state index contributed by atoms with van der Waals surface area (Å²) in [5.41, 5.74) is 3.73. The highest BCUT2D eigenvalue weighted by molar-refractivity contribution is 6.07. The number of amides is 1. The second-order valence-electron chi connectivity index (χ2n) is 8.67. The maximum absolute atomic E-state index is 14.1. The van der Waals surface area contributed by atoms with Gasteiger partial charge in [-0.1, -0.05) is 12.1 Å². The Balaban J connectivity index is 1.85. The van der Waals surface area contributed by atoms with Crippen LogP contribution in [-0.4, -0.2) is 39.3 Å². The molecule has 0 aliphatic rings. The average molecular weight is 503 g/mol. The zero-order chi connectivity index (χ0) is 26.7. The summed E-state index contributed by atoms with van der Waals surface area (Å²) in [6.07, 6.45) is 0. The van der Waals surface area contributed by atoms with Crippen LogP contribution in [-0.2, 0) is 6.54 Å². The monoisotopic (exact) mass is 502 g/mol. The van der Waals surface area contributed by atoms with Crippen molar-refractivity contribution >= 4 is 22.5 Å². The van der Waals surface area contributed by atoms with E-state index in [0.717, 1.165) is 16.5 Å². The zero-order valence-electron chi connectivity index (χ0n) is 21.8. The maximum Gasteiger partial charge on any atom is 0.258 e. The first-order valence-electron chi connectivity index (χ1n) is 11.7. The van der Waals surface area contributed by atoms with Crippen molar-refractivity contribution < 1.29 is 23.7 Å². The van der Waals surface area contributed by atoms with E-state index in [2.05, 4.69) is 4.98 Å². The Labute approximate surface area is 215 Å². The SMILES string of the molecule is COc1ccc2cc(CN(C(=O)c3cc(OC)c(OC)c(OC)c3)c3cc(C)ccc3C)c(=O)[nH]c2c1. The van der Waals surface area contributed by atoms with Gasteiger partial charge < -0.3 is 28.8 Å². The highest BCUT2D eigenvalue weighted by Gasteiger charge is 2.25. The molecular weight excluding hydrogens is 472 g/mol. The van der Waals surface area contributed by atoms with Crippen LogP contribution in [0.5, 0.6) is 23.0 Å². The van der Waals surface area contributed by atoms with Gasteiger partial charge in [0.2, 0.25) is 5.75 Å². The van der Waals surface area contributed by atoms with Gasteiger partial charge in [0.25, 0.3) is 11.5 Å². The lowest BCUT2D eigenvalue weighted by atomic mass is 10.1. The molecule has 0 unspecified atom stereocenters. The number of hydrogen-bond donors (Lipinski definition) is 1. The molecule has 0 bridgehead atoms. The van der Waals surface area contributed by atoms with E-state index in [1.54, 1.807) is 36.3 Å². The number of fused-ring (bicyclic) bond motifs is 1. The summed E-state index contributed by atoms with van der Waals surface area (Å²) in [5, 5.41) is 0.830. The fourth-order valence-corrected chi connectivity index (χ4v) is 4.28. The van der Waals surface area contributed by atoms with Crippen molar-refractivity contribution in [1.82, 2.24) is 4.98 Å². The van der Waals surface area contributed by atoms with E-state index in [1.165, 1.54) is 21.3 Å². The van der Waals surface area contributed by atoms with Gasteiger partial charge in [-0.3, -0.25) is 9.59 Å². The van der Waals surface area contributed by atoms with E-state index in [1.807, 2.05) is 44.2 Å². The van der Waals surface area contributed by atoms with Gasteiger partial charge in [-0.05, 0) is 66.8 Å². The first-order chi connectivity index (χ1) is 17.8. The van der Waals surface area contributed by atoms with Gasteiger partial charge in [-0.2, -0.15) is 0 Å². The van der Waals surface area contributed by atoms with Crippen molar-refractivity contribution in [2.24, 2.45) is 0 Å². The zero-order valence-corrected chi connectivity index (χ0v) is 21.8. The van der Waals surface area contributed by atoms with Crippen LogP contribution < -0.4 is 29.4 Å². The van der Waals surface area contributed by atoms with Crippen molar-refractivity contribution in [3.05, 3.63) is 87.2 Å². The summed E-state index contributed by atoms with van der Waals surface area (Å²) >= 11 is 0. The Bertz CT molecular complexity index is 1500. The Morgan fingerprint density at radius 1 is 0.838 bits per heavy atom. The lowest BCUT2D eigenvalue weighted by Gasteiger charge is -2.26. The fraction of sp³-hybridized carbons (Fsp3) is 0.241. The summed E-state index contributed by atoms with van der Waals surface area (Å²) in [6, 6.07) is 16.4. The predicted molar refractivity (Wildman–Crippen MR) is 144 cm³/mol. The van der Waals surface area contributed by atoms with Gasteiger partial charge in [-0.15, -0.1) is 0 Å². The van der Waals surface area contributed by atoms with Crippen molar-refractivity contribution in [2.75, 3.05) is 33.3 Å². The first-order valence-corrected chi connectivity index (χ1v) is 11.7. The molecule has 0 aliphatic heterocycles. The predicted octanol–water partition coefficient (Wildman–Crippen LogP) is 5.03. The molecule has 8 heteroatoms. The van der Waals surface area contributed by atoms with Crippen molar-refractivity contribution in [3.8, 4) is 23.0 Å². The van der Waals surface area contributed by atoms with Crippen LogP contribution in [0, 0.1) is 13.8 Å². The number of hydrogen-bond acceptors (Lipinski definition) is 6. The average Bonchev–Trinajstić information content (AvgIpc) is 2.91. The summed E-state index contributed by atoms with van der Waals surface area (Å²) in [6.45, 7) is 3.94. The lowest BCUT2D eigenvalue weighted by molar-refractivity contribution is 0.0984. The van der Waals surface area contributed by atoms with Crippen LogP contribution >= 0.6 is 0 Å². The van der Waals surface area contributed by atoms with Crippen LogP contribution in [0.25, 0.3) is 10.9 Å². The number of benzene rings is 3. The minimum Gasteiger partial charge on any atom is -0.497 e. The molecule has 37 heavy (non-hydrogen) atoms. The molecule has 0 saturated carbocycles. The van der Waals surface area contributed by atoms with Gasteiger partial charge >= 0.3 is 0 Å². The van der Waals surface area contributed by atoms with Gasteiger partial charge in [0.05, 0.1) is 40.5 Å². The van der Waals surface area contributed by atoms with Gasteiger partial charge in [-0.25, -0.2) is 0 Å². The number of anilines is 1. The molecule has 1 aromatic heterocycles. The molecule has 3 aromatic carbocycles. The smallest absolute Gasteiger partial charge is 0.258 e. The number of aromatic amines is 1. The molecule has 192 valence electrons. The number of H-pyrrole nitrogens is 1. The molecule has 1 N–H and O–H groups in total. The van der Waals surface area contributed by atoms with Crippen LogP contribution in [0.4, 0.5) is 5.69 Å². The van der Waals surface area contributed by atoms with E-state index in [-0.39, 0.29) is 18.0 Å². The molecule has 0 fully saturated rings. The van der Waals surface area contributed by atoms with Crippen molar-refractivity contribution in [3.63, 3.8) is 0 Å². The third kappa shape index (κ3) is 5.09. The minimum absolute atomic E-state index is 0.0527. The second kappa shape index (κ2) is 10.7. The highest BCUT2D eigenvalue weighted by atomic mass is 16.5. The Morgan fingerprint density at radius 2 is 1.54 bits per heavy atom. The maximum atomic E-state index is 14.1. The molecule has 0 aliphatic carbocycles. The topological polar surface area (TPSA) is 90.1 Å². The summed E-state index contributed by atoms with van der Waals surface area (Å²) in [7, 11) is 6.08. The molecule has 1 amide bonds. The van der Waals surface area contributed by atoms with Crippen molar-refractivity contribution in [1.29, 1.82) is 0 Å². The van der Waals surface area contributed by atoms with E-state index in [9.17, 15) is 9.59 Å². The van der Waals surface area contributed by atoms with Crippen LogP contribution in [0.1, 0.15) is 27.0 Å². The number of nitrogens with zero attached hydrogens (tertiary/aromatic N) is 1. The summed E-state index contributed by atoms with van der Waals surface area (Å²) in [4.78, 5) is 31.7. The fourth-order valence-electron chi connectivity index (χ4n) is 4.28. The van der Waals surface area contributed by atoms with E-state index in [0.29, 0.717) is 45.3 Å². The standard InChI is InChI=1S/C29H30N2O6/c1-17-7-8-18(2)24(11-17)31(29(33)20-13-25(35-4)27(37-6)26(14-20)36-5)16-21-12-19-9-10-22(34-3)15-23(19)30-28(21)32/h7-15H,16H2,1-6H3,(H,30,32). The number of nitrogens with one attached hydrogen (secondary N) is 1. The van der Waals surface area contributed by atoms with E-state index < -0.39 is 0 Å². The normalized spacial score (nSPS) is 10.8. The number of methoxy groups -OCH3 is 4. The number of rotatable bonds is 8. The number of aromatic nitrogens is 1. The number of carbonyl (C=O) groups excluding carboxylic acids is 1. The molecule has 4 aromatic rings. The molecule has 4 rings (SSSR count). The van der Waals surface area contributed by atoms with E-state index in [4.69, 9.17) is 18.9 Å². The van der Waals surface area contributed by atoms with Gasteiger partial charge in [0.15, 0.2) is 11.5 Å². The Hall–Kier alpha value is -4.46. The number of ether oxygens (including phenoxy) is 4. The highest BCUT2D eigenvalue weighted by Crippen LogP contribution is 2.39. The van der Waals surface area contributed by atoms with Crippen LogP contribution in [0.3, 0.4) is 0 Å². The Morgan fingerprint density at radius 3 is 2.16 bits per heavy atom. The van der Waals surface area contributed by atoms with Crippen LogP contribution in [0.2, 0.25) is 0 Å². The molecule has 0 saturated heterocycles. The first kappa shape index (κ1) is 25.6. The van der Waals surface area contributed by atoms with E-state index >= 15 is 0 Å². The van der Waals surface area contributed by atoms with Crippen molar-refractivity contribution in [2.45, 2.75) is 20.4 Å². The number of pyridine rings is 1. The van der Waals surface area contributed by atoms with Gasteiger partial charge in [0.1, 0.15) is 5.75 Å². The largest absolute Gasteiger partial charge is 0.497 e. The Kier molecular flexibility index (Phi) is 7.38. The van der Waals surface area contributed by atoms with Gasteiger partial charge in [0, 0.05) is 22.9 Å². The summed E-state index contributed by atoms with van der Waals surface area (Å²) in [5.74, 6) is 1.45. The second-order valence-corrected chi connectivity index (χ2v) is 8.67. The molecule has 0 spiro atoms. The molecule has 0 radical (unpaired) electrons. The summed E-state index contributed by atoms with van der Waals surface area (Å²) < 4.78 is 21.6. The molecule has 1 heterocycles. The minimum atomic E-state index is -0.317. The number of aryl methyl sites for hydroxylation is 2. The lowest BCUT2D eigenvalue weighted by Crippen LogP contribution is -2.33. The quantitative estimate of drug-likeness (QED) is 0.364. The number of carbonyl (C=O) groups is 1. The molecule has 8 nitrogen and oxygen atoms in total.